The number of azide groups is 1. The summed E-state index contributed by atoms with van der Waals surface area (Å²) in [6.45, 7) is 0.824. The standard InChI is InChI=1S/C10H10BrClN4O/c11-9-3-2-7(12)6-8(9)10(17)14-4-1-5-15-16-13/h2-3,6H,1,4-5H2,(H,14,17). The molecule has 0 aromatic heterocycles. The fourth-order valence-corrected chi connectivity index (χ4v) is 1.76. The van der Waals surface area contributed by atoms with Crippen molar-refractivity contribution in [1.82, 2.24) is 5.32 Å². The normalized spacial score (nSPS) is 9.53. The van der Waals surface area contributed by atoms with Crippen molar-refractivity contribution in [3.63, 3.8) is 0 Å². The first-order valence-corrected chi connectivity index (χ1v) is 6.06. The molecule has 0 bridgehead atoms. The second-order valence-corrected chi connectivity index (χ2v) is 4.48. The minimum Gasteiger partial charge on any atom is -0.352 e. The summed E-state index contributed by atoms with van der Waals surface area (Å²) in [6.07, 6.45) is 0.605. The number of halogens is 2. The van der Waals surface area contributed by atoms with Gasteiger partial charge in [-0.2, -0.15) is 0 Å². The van der Waals surface area contributed by atoms with Crippen LogP contribution in [0.5, 0.6) is 0 Å². The molecule has 0 saturated heterocycles. The van der Waals surface area contributed by atoms with E-state index in [1.165, 1.54) is 0 Å². The summed E-state index contributed by atoms with van der Waals surface area (Å²) in [6, 6.07) is 5.01. The topological polar surface area (TPSA) is 77.9 Å². The molecule has 0 spiro atoms. The van der Waals surface area contributed by atoms with Gasteiger partial charge >= 0.3 is 0 Å². The molecule has 0 aliphatic rings. The van der Waals surface area contributed by atoms with Crippen LogP contribution in [0.15, 0.2) is 27.8 Å². The molecule has 1 aromatic rings. The molecule has 0 aliphatic carbocycles. The Morgan fingerprint density at radius 1 is 1.59 bits per heavy atom. The number of nitrogens with zero attached hydrogens (tertiary/aromatic N) is 3. The van der Waals surface area contributed by atoms with Crippen molar-refractivity contribution in [2.24, 2.45) is 5.11 Å². The molecule has 1 amide bonds. The van der Waals surface area contributed by atoms with Gasteiger partial charge in [-0.15, -0.1) is 0 Å². The van der Waals surface area contributed by atoms with E-state index < -0.39 is 0 Å². The summed E-state index contributed by atoms with van der Waals surface area (Å²) in [5.74, 6) is -0.208. The lowest BCUT2D eigenvalue weighted by Gasteiger charge is -2.06. The monoisotopic (exact) mass is 316 g/mol. The first kappa shape index (κ1) is 13.8. The Morgan fingerprint density at radius 2 is 2.35 bits per heavy atom. The molecule has 1 N–H and O–H groups in total. The van der Waals surface area contributed by atoms with Gasteiger partial charge in [0.15, 0.2) is 0 Å². The Bertz CT molecular complexity index is 460. The van der Waals surface area contributed by atoms with Crippen LogP contribution in [0.2, 0.25) is 5.02 Å². The highest BCUT2D eigenvalue weighted by atomic mass is 79.9. The first-order valence-electron chi connectivity index (χ1n) is 4.89. The number of hydrogen-bond donors (Lipinski definition) is 1. The molecular formula is C10H10BrClN4O. The number of carbonyl (C=O) groups excluding carboxylic acids is 1. The Balaban J connectivity index is 2.52. The molecule has 5 nitrogen and oxygen atoms in total. The van der Waals surface area contributed by atoms with E-state index in [-0.39, 0.29) is 5.91 Å². The molecule has 0 heterocycles. The van der Waals surface area contributed by atoms with Gasteiger partial charge in [0.2, 0.25) is 0 Å². The molecule has 0 atom stereocenters. The smallest absolute Gasteiger partial charge is 0.252 e. The number of amides is 1. The predicted octanol–water partition coefficient (Wildman–Crippen LogP) is 3.53. The lowest BCUT2D eigenvalue weighted by molar-refractivity contribution is 0.0952. The van der Waals surface area contributed by atoms with Gasteiger partial charge in [-0.1, -0.05) is 16.7 Å². The van der Waals surface area contributed by atoms with E-state index in [9.17, 15) is 4.79 Å². The lowest BCUT2D eigenvalue weighted by Crippen LogP contribution is -2.25. The van der Waals surface area contributed by atoms with Crippen molar-refractivity contribution in [2.45, 2.75) is 6.42 Å². The van der Waals surface area contributed by atoms with Gasteiger partial charge in [-0.3, -0.25) is 4.79 Å². The van der Waals surface area contributed by atoms with Gasteiger partial charge in [0.1, 0.15) is 0 Å². The average molecular weight is 318 g/mol. The van der Waals surface area contributed by atoms with Crippen molar-refractivity contribution in [3.8, 4) is 0 Å². The van der Waals surface area contributed by atoms with Gasteiger partial charge < -0.3 is 5.32 Å². The van der Waals surface area contributed by atoms with E-state index in [0.29, 0.717) is 34.6 Å². The number of rotatable bonds is 5. The number of benzene rings is 1. The first-order chi connectivity index (χ1) is 8.15. The SMILES string of the molecule is [N-]=[N+]=NCCCNC(=O)c1cc(Cl)ccc1Br. The van der Waals surface area contributed by atoms with E-state index in [4.69, 9.17) is 17.1 Å². The minimum absolute atomic E-state index is 0.208. The summed E-state index contributed by atoms with van der Waals surface area (Å²) in [4.78, 5) is 14.4. The van der Waals surface area contributed by atoms with Gasteiger partial charge in [0, 0.05) is 27.5 Å². The number of hydrogen-bond acceptors (Lipinski definition) is 2. The van der Waals surface area contributed by atoms with Crippen LogP contribution in [0.4, 0.5) is 0 Å². The van der Waals surface area contributed by atoms with Crippen LogP contribution < -0.4 is 5.32 Å². The molecule has 7 heteroatoms. The van der Waals surface area contributed by atoms with Crippen molar-refractivity contribution in [1.29, 1.82) is 0 Å². The summed E-state index contributed by atoms with van der Waals surface area (Å²) in [5.41, 5.74) is 8.56. The third kappa shape index (κ3) is 4.65. The van der Waals surface area contributed by atoms with Gasteiger partial charge in [0.25, 0.3) is 5.91 Å². The Kier molecular flexibility index (Phi) is 5.83. The van der Waals surface area contributed by atoms with Crippen molar-refractivity contribution < 1.29 is 4.79 Å². The maximum absolute atomic E-state index is 11.7. The van der Waals surface area contributed by atoms with Crippen LogP contribution in [0.1, 0.15) is 16.8 Å². The van der Waals surface area contributed by atoms with Crippen LogP contribution in [-0.4, -0.2) is 19.0 Å². The maximum Gasteiger partial charge on any atom is 0.252 e. The highest BCUT2D eigenvalue weighted by molar-refractivity contribution is 9.10. The molecule has 0 unspecified atom stereocenters. The highest BCUT2D eigenvalue weighted by Gasteiger charge is 2.09. The Morgan fingerprint density at radius 3 is 3.06 bits per heavy atom. The van der Waals surface area contributed by atoms with Gasteiger partial charge in [-0.25, -0.2) is 0 Å². The number of nitrogens with one attached hydrogen (secondary N) is 1. The maximum atomic E-state index is 11.7. The van der Waals surface area contributed by atoms with Crippen LogP contribution in [-0.2, 0) is 0 Å². The van der Waals surface area contributed by atoms with Crippen molar-refractivity contribution >= 4 is 33.4 Å². The van der Waals surface area contributed by atoms with Crippen LogP contribution in [0, 0.1) is 0 Å². The van der Waals surface area contributed by atoms with E-state index in [2.05, 4.69) is 31.3 Å². The fraction of sp³-hybridized carbons (Fsp3) is 0.300. The highest BCUT2D eigenvalue weighted by Crippen LogP contribution is 2.20. The zero-order valence-electron chi connectivity index (χ0n) is 8.86. The molecule has 0 radical (unpaired) electrons. The molecule has 17 heavy (non-hydrogen) atoms. The van der Waals surface area contributed by atoms with E-state index in [1.54, 1.807) is 18.2 Å². The average Bonchev–Trinajstić information content (AvgIpc) is 2.32. The fourth-order valence-electron chi connectivity index (χ4n) is 1.16. The van der Waals surface area contributed by atoms with Crippen LogP contribution in [0.3, 0.4) is 0 Å². The van der Waals surface area contributed by atoms with Crippen molar-refractivity contribution in [2.75, 3.05) is 13.1 Å². The molecule has 0 saturated carbocycles. The third-order valence-corrected chi connectivity index (χ3v) is 2.88. The zero-order chi connectivity index (χ0) is 12.7. The molecule has 0 fully saturated rings. The molecule has 1 aromatic carbocycles. The molecule has 1 rings (SSSR count). The lowest BCUT2D eigenvalue weighted by atomic mass is 10.2. The van der Waals surface area contributed by atoms with E-state index in [0.717, 1.165) is 0 Å². The predicted molar refractivity (Wildman–Crippen MR) is 70.1 cm³/mol. The minimum atomic E-state index is -0.208. The van der Waals surface area contributed by atoms with Crippen LogP contribution >= 0.6 is 27.5 Å². The summed E-state index contributed by atoms with van der Waals surface area (Å²) < 4.78 is 0.689. The Hall–Kier alpha value is -1.23. The second kappa shape index (κ2) is 7.17. The largest absolute Gasteiger partial charge is 0.352 e. The quantitative estimate of drug-likeness (QED) is 0.383. The molecule has 90 valence electrons. The summed E-state index contributed by atoms with van der Waals surface area (Å²) in [7, 11) is 0. The van der Waals surface area contributed by atoms with E-state index in [1.807, 2.05) is 0 Å². The Labute approximate surface area is 112 Å². The summed E-state index contributed by atoms with van der Waals surface area (Å²) >= 11 is 9.09. The number of carbonyl (C=O) groups is 1. The summed E-state index contributed by atoms with van der Waals surface area (Å²) in [5, 5.41) is 6.59. The third-order valence-electron chi connectivity index (χ3n) is 1.96. The van der Waals surface area contributed by atoms with Crippen molar-refractivity contribution in [3.05, 3.63) is 43.7 Å². The van der Waals surface area contributed by atoms with Crippen LogP contribution in [0.25, 0.3) is 10.4 Å². The van der Waals surface area contributed by atoms with Gasteiger partial charge in [-0.05, 0) is 46.1 Å². The molecular weight excluding hydrogens is 307 g/mol. The second-order valence-electron chi connectivity index (χ2n) is 3.19. The van der Waals surface area contributed by atoms with Gasteiger partial charge in [0.05, 0.1) is 5.56 Å². The molecule has 0 aliphatic heterocycles. The van der Waals surface area contributed by atoms with E-state index >= 15 is 0 Å². The zero-order valence-corrected chi connectivity index (χ0v) is 11.2.